The van der Waals surface area contributed by atoms with E-state index in [0.29, 0.717) is 18.7 Å². The van der Waals surface area contributed by atoms with E-state index in [0.717, 1.165) is 24.3 Å². The van der Waals surface area contributed by atoms with Gasteiger partial charge in [0.1, 0.15) is 5.82 Å². The Morgan fingerprint density at radius 3 is 2.46 bits per heavy atom. The topological polar surface area (TPSA) is 90.6 Å². The second kappa shape index (κ2) is 7.28. The summed E-state index contributed by atoms with van der Waals surface area (Å²) in [5.74, 6) is -0.529. The monoisotopic (exact) mass is 346 g/mol. The molecule has 130 valence electrons. The van der Waals surface area contributed by atoms with Crippen molar-refractivity contribution >= 4 is 5.91 Å². The number of carbonyl (C=O) groups excluding carboxylic acids is 1. The number of benzene rings is 1. The first kappa shape index (κ1) is 17.7. The van der Waals surface area contributed by atoms with Gasteiger partial charge in [-0.05, 0) is 24.1 Å². The van der Waals surface area contributed by atoms with Crippen LogP contribution in [0.25, 0.3) is 0 Å². The van der Waals surface area contributed by atoms with Gasteiger partial charge < -0.3 is 5.32 Å². The van der Waals surface area contributed by atoms with Gasteiger partial charge in [-0.1, -0.05) is 12.1 Å². The zero-order valence-electron chi connectivity index (χ0n) is 12.3. The van der Waals surface area contributed by atoms with Crippen LogP contribution in [0.2, 0.25) is 0 Å². The smallest absolute Gasteiger partial charge is 0.353 e. The van der Waals surface area contributed by atoms with Gasteiger partial charge >= 0.3 is 11.9 Å². The maximum atomic E-state index is 14.0. The van der Waals surface area contributed by atoms with Crippen LogP contribution in [-0.4, -0.2) is 27.6 Å². The van der Waals surface area contributed by atoms with Gasteiger partial charge in [-0.3, -0.25) is 9.78 Å². The third kappa shape index (κ3) is 4.67. The number of aromatic nitrogens is 3. The standard InChI is InChI=1S/C14H14F4N4O2/c15-11(8-3-5-9(6-4-8)14(16,17)18)12(23)19-7-1-2-10-20-13(24)22-21-10/h3-6,11H,1-2,7H2,(H,19,23)(H2,20,21,22,24)/t11-/m1/s1. The highest BCUT2D eigenvalue weighted by molar-refractivity contribution is 5.82. The van der Waals surface area contributed by atoms with Gasteiger partial charge in [-0.25, -0.2) is 14.3 Å². The highest BCUT2D eigenvalue weighted by atomic mass is 19.4. The van der Waals surface area contributed by atoms with Gasteiger partial charge in [0, 0.05) is 13.0 Å². The molecule has 0 saturated heterocycles. The fourth-order valence-electron chi connectivity index (χ4n) is 1.97. The lowest BCUT2D eigenvalue weighted by Gasteiger charge is -2.11. The Morgan fingerprint density at radius 1 is 1.25 bits per heavy atom. The van der Waals surface area contributed by atoms with E-state index in [2.05, 4.69) is 20.5 Å². The highest BCUT2D eigenvalue weighted by Gasteiger charge is 2.30. The number of H-pyrrole nitrogens is 2. The molecule has 0 unspecified atom stereocenters. The van der Waals surface area contributed by atoms with Gasteiger partial charge in [-0.2, -0.15) is 18.3 Å². The zero-order valence-corrected chi connectivity index (χ0v) is 12.3. The molecule has 1 atom stereocenters. The summed E-state index contributed by atoms with van der Waals surface area (Å²) in [6.45, 7) is 0.134. The van der Waals surface area contributed by atoms with E-state index in [4.69, 9.17) is 0 Å². The molecule has 0 spiro atoms. The number of hydrogen-bond donors (Lipinski definition) is 3. The number of amides is 1. The molecule has 0 aliphatic carbocycles. The Hall–Kier alpha value is -2.65. The molecule has 1 aromatic carbocycles. The van der Waals surface area contributed by atoms with Crippen LogP contribution in [0.4, 0.5) is 17.6 Å². The van der Waals surface area contributed by atoms with E-state index >= 15 is 0 Å². The number of hydrogen-bond acceptors (Lipinski definition) is 3. The number of alkyl halides is 4. The average molecular weight is 346 g/mol. The molecule has 10 heteroatoms. The summed E-state index contributed by atoms with van der Waals surface area (Å²) in [5, 5.41) is 8.19. The summed E-state index contributed by atoms with van der Waals surface area (Å²) in [6.07, 6.45) is -5.79. The molecule has 0 aliphatic rings. The molecule has 0 aliphatic heterocycles. The Balaban J connectivity index is 1.82. The predicted molar refractivity (Wildman–Crippen MR) is 75.8 cm³/mol. The van der Waals surface area contributed by atoms with E-state index in [9.17, 15) is 27.2 Å². The number of aromatic amines is 2. The van der Waals surface area contributed by atoms with Gasteiger partial charge in [0.05, 0.1) is 5.56 Å². The molecule has 3 N–H and O–H groups in total. The van der Waals surface area contributed by atoms with Crippen LogP contribution in [0.3, 0.4) is 0 Å². The van der Waals surface area contributed by atoms with E-state index in [1.54, 1.807) is 0 Å². The number of nitrogens with zero attached hydrogens (tertiary/aromatic N) is 1. The van der Waals surface area contributed by atoms with Crippen molar-refractivity contribution in [3.63, 3.8) is 0 Å². The van der Waals surface area contributed by atoms with Crippen molar-refractivity contribution in [1.82, 2.24) is 20.5 Å². The van der Waals surface area contributed by atoms with Crippen molar-refractivity contribution in [1.29, 1.82) is 0 Å². The second-order valence-electron chi connectivity index (χ2n) is 5.00. The molecule has 1 aromatic heterocycles. The number of nitrogens with one attached hydrogen (secondary N) is 3. The number of rotatable bonds is 6. The van der Waals surface area contributed by atoms with Gasteiger partial charge in [0.15, 0.2) is 0 Å². The normalized spacial score (nSPS) is 12.8. The average Bonchev–Trinajstić information content (AvgIpc) is 2.95. The Labute approximate surface area is 133 Å². The second-order valence-corrected chi connectivity index (χ2v) is 5.00. The lowest BCUT2D eigenvalue weighted by Crippen LogP contribution is -2.28. The molecule has 0 bridgehead atoms. The minimum atomic E-state index is -4.51. The lowest BCUT2D eigenvalue weighted by molar-refractivity contribution is -0.137. The molecule has 1 amide bonds. The molecule has 6 nitrogen and oxygen atoms in total. The number of carbonyl (C=O) groups is 1. The molecule has 2 aromatic rings. The molecule has 0 fully saturated rings. The summed E-state index contributed by atoms with van der Waals surface area (Å²) < 4.78 is 51.2. The van der Waals surface area contributed by atoms with Gasteiger partial charge in [0.25, 0.3) is 5.91 Å². The van der Waals surface area contributed by atoms with Crippen molar-refractivity contribution in [3.8, 4) is 0 Å². The molecule has 1 heterocycles. The first-order valence-electron chi connectivity index (χ1n) is 7.00. The largest absolute Gasteiger partial charge is 0.416 e. The number of aryl methyl sites for hydroxylation is 1. The fraction of sp³-hybridized carbons (Fsp3) is 0.357. The van der Waals surface area contributed by atoms with Gasteiger partial charge in [-0.15, -0.1) is 0 Å². The van der Waals surface area contributed by atoms with Crippen molar-refractivity contribution in [3.05, 3.63) is 51.7 Å². The first-order valence-corrected chi connectivity index (χ1v) is 7.00. The predicted octanol–water partition coefficient (Wildman–Crippen LogP) is 1.88. The van der Waals surface area contributed by atoms with Crippen LogP contribution in [0.5, 0.6) is 0 Å². The molecule has 0 saturated carbocycles. The summed E-state index contributed by atoms with van der Waals surface area (Å²) in [4.78, 5) is 24.9. The molecule has 0 radical (unpaired) electrons. The minimum Gasteiger partial charge on any atom is -0.353 e. The van der Waals surface area contributed by atoms with Gasteiger partial charge in [0.2, 0.25) is 6.17 Å². The number of halogens is 4. The summed E-state index contributed by atoms with van der Waals surface area (Å²) in [7, 11) is 0. The summed E-state index contributed by atoms with van der Waals surface area (Å²) in [5.41, 5.74) is -1.51. The van der Waals surface area contributed by atoms with Crippen LogP contribution in [-0.2, 0) is 17.4 Å². The Morgan fingerprint density at radius 2 is 1.92 bits per heavy atom. The van der Waals surface area contributed by atoms with E-state index in [1.807, 2.05) is 0 Å². The van der Waals surface area contributed by atoms with Crippen molar-refractivity contribution in [2.75, 3.05) is 6.54 Å². The fourth-order valence-corrected chi connectivity index (χ4v) is 1.97. The maximum Gasteiger partial charge on any atom is 0.416 e. The molecule has 24 heavy (non-hydrogen) atoms. The Kier molecular flexibility index (Phi) is 5.37. The third-order valence-corrected chi connectivity index (χ3v) is 3.20. The summed E-state index contributed by atoms with van der Waals surface area (Å²) in [6, 6.07) is 3.31. The van der Waals surface area contributed by atoms with Crippen LogP contribution in [0, 0.1) is 0 Å². The quantitative estimate of drug-likeness (QED) is 0.551. The van der Waals surface area contributed by atoms with Crippen molar-refractivity contribution in [2.24, 2.45) is 0 Å². The first-order chi connectivity index (χ1) is 11.3. The van der Waals surface area contributed by atoms with Crippen LogP contribution in [0.1, 0.15) is 29.5 Å². The van der Waals surface area contributed by atoms with E-state index < -0.39 is 29.5 Å². The lowest BCUT2D eigenvalue weighted by atomic mass is 10.1. The van der Waals surface area contributed by atoms with E-state index in [-0.39, 0.29) is 12.1 Å². The highest BCUT2D eigenvalue weighted by Crippen LogP contribution is 2.30. The summed E-state index contributed by atoms with van der Waals surface area (Å²) >= 11 is 0. The minimum absolute atomic E-state index is 0.134. The van der Waals surface area contributed by atoms with Crippen molar-refractivity contribution < 1.29 is 22.4 Å². The van der Waals surface area contributed by atoms with Crippen LogP contribution >= 0.6 is 0 Å². The van der Waals surface area contributed by atoms with Crippen LogP contribution < -0.4 is 11.0 Å². The third-order valence-electron chi connectivity index (χ3n) is 3.20. The molecular weight excluding hydrogens is 332 g/mol. The van der Waals surface area contributed by atoms with E-state index in [1.165, 1.54) is 0 Å². The zero-order chi connectivity index (χ0) is 17.7. The SMILES string of the molecule is O=C(NCCCc1n[nH]c(=O)[nH]1)[C@H](F)c1ccc(C(F)(F)F)cc1. The Bertz CT molecular complexity index is 736. The maximum absolute atomic E-state index is 14.0. The molecule has 2 rings (SSSR count). The van der Waals surface area contributed by atoms with Crippen molar-refractivity contribution in [2.45, 2.75) is 25.2 Å². The van der Waals surface area contributed by atoms with Crippen LogP contribution in [0.15, 0.2) is 29.1 Å². The molecular formula is C14H14F4N4O2.